The monoisotopic (exact) mass is 337 g/mol. The van der Waals surface area contributed by atoms with Crippen LogP contribution in [0.5, 0.6) is 0 Å². The quantitative estimate of drug-likeness (QED) is 0.834. The smallest absolute Gasteiger partial charge is 0.410 e. The van der Waals surface area contributed by atoms with Gasteiger partial charge >= 0.3 is 6.09 Å². The average Bonchev–Trinajstić information content (AvgIpc) is 2.97. The number of ether oxygens (including phenoxy) is 1. The van der Waals surface area contributed by atoms with Gasteiger partial charge in [-0.3, -0.25) is 0 Å². The summed E-state index contributed by atoms with van der Waals surface area (Å²) >= 11 is 5.81. The Morgan fingerprint density at radius 1 is 1.30 bits per heavy atom. The molecule has 2 heterocycles. The molecule has 1 unspecified atom stereocenters. The first kappa shape index (κ1) is 16.4. The number of rotatable bonds is 2. The van der Waals surface area contributed by atoms with Crippen LogP contribution in [-0.4, -0.2) is 40.7 Å². The van der Waals surface area contributed by atoms with Crippen LogP contribution in [-0.2, 0) is 4.74 Å². The molecule has 1 saturated heterocycles. The molecule has 1 aliphatic heterocycles. The zero-order chi connectivity index (χ0) is 16.6. The SMILES string of the molecule is CC(C)(C)OC(=O)N1C[C@H]2CC(Nc3ccc(Cl)nc3)C[C@H]2C1. The molecule has 0 aromatic carbocycles. The number of pyridine rings is 1. The number of carbonyl (C=O) groups is 1. The normalized spacial score (nSPS) is 27.0. The lowest BCUT2D eigenvalue weighted by Gasteiger charge is -2.25. The van der Waals surface area contributed by atoms with Crippen LogP contribution in [0.15, 0.2) is 18.3 Å². The van der Waals surface area contributed by atoms with E-state index in [-0.39, 0.29) is 6.09 Å². The molecular formula is C17H24ClN3O2. The van der Waals surface area contributed by atoms with E-state index in [9.17, 15) is 4.79 Å². The molecule has 1 aromatic heterocycles. The van der Waals surface area contributed by atoms with Crippen molar-refractivity contribution in [2.24, 2.45) is 11.8 Å². The fourth-order valence-corrected chi connectivity index (χ4v) is 3.70. The van der Waals surface area contributed by atoms with Crippen molar-refractivity contribution < 1.29 is 9.53 Å². The maximum absolute atomic E-state index is 12.2. The summed E-state index contributed by atoms with van der Waals surface area (Å²) in [6.45, 7) is 7.32. The number of aromatic nitrogens is 1. The summed E-state index contributed by atoms with van der Waals surface area (Å²) in [5.74, 6) is 1.11. The molecule has 1 aromatic rings. The van der Waals surface area contributed by atoms with Crippen molar-refractivity contribution in [2.45, 2.75) is 45.3 Å². The maximum atomic E-state index is 12.2. The number of fused-ring (bicyclic) bond motifs is 1. The number of nitrogens with zero attached hydrogens (tertiary/aromatic N) is 2. The third-order valence-corrected chi connectivity index (χ3v) is 4.72. The van der Waals surface area contributed by atoms with Crippen LogP contribution in [0.2, 0.25) is 5.15 Å². The molecule has 0 bridgehead atoms. The van der Waals surface area contributed by atoms with Gasteiger partial charge in [0, 0.05) is 19.1 Å². The van der Waals surface area contributed by atoms with E-state index in [4.69, 9.17) is 16.3 Å². The molecule has 23 heavy (non-hydrogen) atoms. The zero-order valence-electron chi connectivity index (χ0n) is 13.9. The molecule has 2 aliphatic rings. The number of nitrogens with one attached hydrogen (secondary N) is 1. The Kier molecular flexibility index (Phi) is 4.41. The van der Waals surface area contributed by atoms with Crippen LogP contribution in [0.1, 0.15) is 33.6 Å². The standard InChI is InChI=1S/C17H24ClN3O2/c1-17(2,3)23-16(22)21-9-11-6-14(7-12(11)10-21)20-13-4-5-15(18)19-8-13/h4-5,8,11-12,14,20H,6-7,9-10H2,1-3H3/t11-,12+,14?. The summed E-state index contributed by atoms with van der Waals surface area (Å²) in [6, 6.07) is 4.19. The van der Waals surface area contributed by atoms with E-state index in [1.54, 1.807) is 12.3 Å². The van der Waals surface area contributed by atoms with Gasteiger partial charge in [-0.15, -0.1) is 0 Å². The third kappa shape index (κ3) is 4.08. The largest absolute Gasteiger partial charge is 0.444 e. The minimum atomic E-state index is -0.430. The number of amides is 1. The highest BCUT2D eigenvalue weighted by molar-refractivity contribution is 6.29. The van der Waals surface area contributed by atoms with Crippen molar-refractivity contribution in [3.05, 3.63) is 23.5 Å². The van der Waals surface area contributed by atoms with E-state index in [2.05, 4.69) is 10.3 Å². The summed E-state index contributed by atoms with van der Waals surface area (Å²) in [5, 5.41) is 4.03. The van der Waals surface area contributed by atoms with Crippen molar-refractivity contribution in [1.29, 1.82) is 0 Å². The van der Waals surface area contributed by atoms with E-state index >= 15 is 0 Å². The van der Waals surface area contributed by atoms with Crippen LogP contribution in [0, 0.1) is 11.8 Å². The Balaban J connectivity index is 1.51. The molecule has 2 fully saturated rings. The van der Waals surface area contributed by atoms with E-state index in [1.165, 1.54) is 0 Å². The highest BCUT2D eigenvalue weighted by Crippen LogP contribution is 2.39. The Bertz CT molecular complexity index is 556. The highest BCUT2D eigenvalue weighted by atomic mass is 35.5. The zero-order valence-corrected chi connectivity index (χ0v) is 14.6. The number of anilines is 1. The minimum Gasteiger partial charge on any atom is -0.444 e. The van der Waals surface area contributed by atoms with Crippen LogP contribution in [0.25, 0.3) is 0 Å². The highest BCUT2D eigenvalue weighted by Gasteiger charge is 2.43. The lowest BCUT2D eigenvalue weighted by molar-refractivity contribution is 0.0280. The number of carbonyl (C=O) groups excluding carboxylic acids is 1. The number of hydrogen-bond acceptors (Lipinski definition) is 4. The number of hydrogen-bond donors (Lipinski definition) is 1. The van der Waals surface area contributed by atoms with Crippen LogP contribution in [0.4, 0.5) is 10.5 Å². The van der Waals surface area contributed by atoms with Gasteiger partial charge < -0.3 is 15.0 Å². The maximum Gasteiger partial charge on any atom is 0.410 e. The summed E-state index contributed by atoms with van der Waals surface area (Å²) in [4.78, 5) is 18.1. The summed E-state index contributed by atoms with van der Waals surface area (Å²) in [5.41, 5.74) is 0.573. The van der Waals surface area contributed by atoms with Crippen LogP contribution in [0.3, 0.4) is 0 Å². The molecular weight excluding hydrogens is 314 g/mol. The molecule has 126 valence electrons. The number of halogens is 1. The molecule has 3 rings (SSSR count). The minimum absolute atomic E-state index is 0.182. The van der Waals surface area contributed by atoms with Gasteiger partial charge in [-0.05, 0) is 57.6 Å². The third-order valence-electron chi connectivity index (χ3n) is 4.50. The molecule has 0 spiro atoms. The molecule has 6 heteroatoms. The molecule has 5 nitrogen and oxygen atoms in total. The molecule has 1 N–H and O–H groups in total. The predicted octanol–water partition coefficient (Wildman–Crippen LogP) is 3.79. The first-order valence-corrected chi connectivity index (χ1v) is 8.54. The Morgan fingerprint density at radius 2 is 1.96 bits per heavy atom. The summed E-state index contributed by atoms with van der Waals surface area (Å²) in [6.07, 6.45) is 3.74. The van der Waals surface area contributed by atoms with Gasteiger partial charge in [0.25, 0.3) is 0 Å². The van der Waals surface area contributed by atoms with Crippen molar-refractivity contribution in [3.63, 3.8) is 0 Å². The summed E-state index contributed by atoms with van der Waals surface area (Å²) < 4.78 is 5.47. The van der Waals surface area contributed by atoms with Gasteiger partial charge in [0.1, 0.15) is 10.8 Å². The summed E-state index contributed by atoms with van der Waals surface area (Å²) in [7, 11) is 0. The van der Waals surface area contributed by atoms with Gasteiger partial charge in [-0.25, -0.2) is 9.78 Å². The van der Waals surface area contributed by atoms with E-state index in [0.29, 0.717) is 23.0 Å². The van der Waals surface area contributed by atoms with Crippen molar-refractivity contribution in [1.82, 2.24) is 9.88 Å². The fourth-order valence-electron chi connectivity index (χ4n) is 3.59. The van der Waals surface area contributed by atoms with Gasteiger partial charge in [0.05, 0.1) is 11.9 Å². The predicted molar refractivity (Wildman–Crippen MR) is 90.7 cm³/mol. The molecule has 1 amide bonds. The van der Waals surface area contributed by atoms with Gasteiger partial charge in [0.2, 0.25) is 0 Å². The fraction of sp³-hybridized carbons (Fsp3) is 0.647. The van der Waals surface area contributed by atoms with Gasteiger partial charge in [0.15, 0.2) is 0 Å². The topological polar surface area (TPSA) is 54.5 Å². The van der Waals surface area contributed by atoms with Crippen molar-refractivity contribution >= 4 is 23.4 Å². The first-order valence-electron chi connectivity index (χ1n) is 8.16. The molecule has 0 radical (unpaired) electrons. The van der Waals surface area contributed by atoms with Crippen molar-refractivity contribution in [3.8, 4) is 0 Å². The van der Waals surface area contributed by atoms with Crippen LogP contribution >= 0.6 is 11.6 Å². The van der Waals surface area contributed by atoms with Gasteiger partial charge in [-0.2, -0.15) is 0 Å². The van der Waals surface area contributed by atoms with E-state index < -0.39 is 5.60 Å². The lowest BCUT2D eigenvalue weighted by atomic mass is 10.0. The van der Waals surface area contributed by atoms with Gasteiger partial charge in [-0.1, -0.05) is 11.6 Å². The average molecular weight is 338 g/mol. The number of likely N-dealkylation sites (tertiary alicyclic amines) is 1. The molecule has 1 aliphatic carbocycles. The second-order valence-corrected chi connectivity index (χ2v) is 7.97. The van der Waals surface area contributed by atoms with E-state index in [1.807, 2.05) is 31.7 Å². The Morgan fingerprint density at radius 3 is 2.48 bits per heavy atom. The van der Waals surface area contributed by atoms with Crippen molar-refractivity contribution in [2.75, 3.05) is 18.4 Å². The second-order valence-electron chi connectivity index (χ2n) is 7.59. The lowest BCUT2D eigenvalue weighted by Crippen LogP contribution is -2.36. The molecule has 3 atom stereocenters. The second kappa shape index (κ2) is 6.19. The Hall–Kier alpha value is -1.49. The Labute approximate surface area is 142 Å². The first-order chi connectivity index (χ1) is 10.8. The van der Waals surface area contributed by atoms with E-state index in [0.717, 1.165) is 31.6 Å². The van der Waals surface area contributed by atoms with Crippen LogP contribution < -0.4 is 5.32 Å². The molecule has 1 saturated carbocycles.